The molecule has 70 valence electrons. The third-order valence-electron chi connectivity index (χ3n) is 1.99. The van der Waals surface area contributed by atoms with E-state index in [4.69, 9.17) is 0 Å². The van der Waals surface area contributed by atoms with Crippen LogP contribution in [0.25, 0.3) is 0 Å². The van der Waals surface area contributed by atoms with Gasteiger partial charge in [0.25, 0.3) is 0 Å². The fraction of sp³-hybridized carbons (Fsp3) is 0.100. The van der Waals surface area contributed by atoms with E-state index in [1.54, 1.807) is 19.1 Å². The number of allylic oxidation sites excluding steroid dienone is 2. The monoisotopic (exact) mass is 251 g/mol. The van der Waals surface area contributed by atoms with E-state index >= 15 is 0 Å². The van der Waals surface area contributed by atoms with E-state index in [0.717, 1.165) is 5.69 Å². The van der Waals surface area contributed by atoms with Crippen LogP contribution in [-0.4, -0.2) is 16.6 Å². The summed E-state index contributed by atoms with van der Waals surface area (Å²) in [6.07, 6.45) is 1.26. The summed E-state index contributed by atoms with van der Waals surface area (Å²) >= 11 is 3.05. The summed E-state index contributed by atoms with van der Waals surface area (Å²) in [6.45, 7) is 1.78. The molecule has 0 unspecified atom stereocenters. The first-order valence-corrected chi connectivity index (χ1v) is 4.83. The third-order valence-corrected chi connectivity index (χ3v) is 2.58. The normalized spacial score (nSPS) is 15.1. The summed E-state index contributed by atoms with van der Waals surface area (Å²) in [5.41, 5.74) is 1.35. The number of fused-ring (bicyclic) bond motifs is 1. The molecule has 1 aromatic heterocycles. The van der Waals surface area contributed by atoms with Crippen LogP contribution < -0.4 is 0 Å². The van der Waals surface area contributed by atoms with Crippen molar-refractivity contribution in [3.05, 3.63) is 39.6 Å². The highest BCUT2D eigenvalue weighted by molar-refractivity contribution is 9.12. The topological polar surface area (TPSA) is 47.0 Å². The summed E-state index contributed by atoms with van der Waals surface area (Å²) in [5.74, 6) is -0.415. The molecule has 1 heterocycles. The zero-order chi connectivity index (χ0) is 10.3. The maximum atomic E-state index is 11.6. The van der Waals surface area contributed by atoms with Gasteiger partial charge in [0.2, 0.25) is 11.6 Å². The van der Waals surface area contributed by atoms with Crippen molar-refractivity contribution >= 4 is 27.5 Å². The zero-order valence-electron chi connectivity index (χ0n) is 7.37. The summed E-state index contributed by atoms with van der Waals surface area (Å²) in [6, 6.07) is 3.35. The molecule has 3 nitrogen and oxygen atoms in total. The molecule has 4 heteroatoms. The second-order valence-corrected chi connectivity index (χ2v) is 3.89. The van der Waals surface area contributed by atoms with Crippen molar-refractivity contribution in [3.63, 3.8) is 0 Å². The van der Waals surface area contributed by atoms with Crippen LogP contribution in [0, 0.1) is 6.92 Å². The van der Waals surface area contributed by atoms with Gasteiger partial charge in [-0.1, -0.05) is 0 Å². The number of pyridine rings is 1. The molecule has 2 rings (SSSR count). The molecule has 0 saturated heterocycles. The average molecular weight is 252 g/mol. The Balaban J connectivity index is 2.69. The van der Waals surface area contributed by atoms with E-state index in [1.807, 2.05) is 0 Å². The Kier molecular flexibility index (Phi) is 2.07. The second-order valence-electron chi connectivity index (χ2n) is 3.03. The molecule has 0 aromatic carbocycles. The Morgan fingerprint density at radius 2 is 2.00 bits per heavy atom. The number of halogens is 1. The third kappa shape index (κ3) is 1.32. The fourth-order valence-electron chi connectivity index (χ4n) is 1.31. The molecule has 1 aliphatic carbocycles. The van der Waals surface area contributed by atoms with Gasteiger partial charge in [-0.15, -0.1) is 0 Å². The van der Waals surface area contributed by atoms with E-state index in [9.17, 15) is 9.59 Å². The lowest BCUT2D eigenvalue weighted by Gasteiger charge is -2.10. The number of carbonyl (C=O) groups is 2. The fourth-order valence-corrected chi connectivity index (χ4v) is 1.73. The molecule has 14 heavy (non-hydrogen) atoms. The van der Waals surface area contributed by atoms with Crippen LogP contribution in [-0.2, 0) is 0 Å². The molecule has 0 atom stereocenters. The lowest BCUT2D eigenvalue weighted by atomic mass is 10.00. The summed E-state index contributed by atoms with van der Waals surface area (Å²) in [4.78, 5) is 27.1. The standard InChI is InChI=1S/C10H6BrNO2/c1-5-2-3-6-9(12-5)8(13)4-7(11)10(6)14/h2-4H,1H3. The summed E-state index contributed by atoms with van der Waals surface area (Å²) in [5, 5.41) is 0. The van der Waals surface area contributed by atoms with Gasteiger partial charge in [0.15, 0.2) is 0 Å². The van der Waals surface area contributed by atoms with Gasteiger partial charge < -0.3 is 0 Å². The van der Waals surface area contributed by atoms with Gasteiger partial charge in [-0.25, -0.2) is 4.98 Å². The van der Waals surface area contributed by atoms with E-state index in [-0.39, 0.29) is 17.3 Å². The Morgan fingerprint density at radius 3 is 2.71 bits per heavy atom. The Hall–Kier alpha value is -1.29. The molecule has 0 N–H and O–H groups in total. The molecular weight excluding hydrogens is 246 g/mol. The molecule has 0 aliphatic heterocycles. The number of aryl methyl sites for hydroxylation is 1. The number of nitrogens with zero attached hydrogens (tertiary/aromatic N) is 1. The smallest absolute Gasteiger partial charge is 0.206 e. The molecule has 0 bridgehead atoms. The highest BCUT2D eigenvalue weighted by Crippen LogP contribution is 2.23. The number of ketones is 2. The number of aromatic nitrogens is 1. The second kappa shape index (κ2) is 3.13. The van der Waals surface area contributed by atoms with Gasteiger partial charge in [0.05, 0.1) is 10.0 Å². The number of hydrogen-bond donors (Lipinski definition) is 0. The molecule has 1 aromatic rings. The highest BCUT2D eigenvalue weighted by Gasteiger charge is 2.25. The summed E-state index contributed by atoms with van der Waals surface area (Å²) in [7, 11) is 0. The lowest BCUT2D eigenvalue weighted by molar-refractivity contribution is 0.0988. The molecular formula is C10H6BrNO2. The predicted molar refractivity (Wildman–Crippen MR) is 54.6 cm³/mol. The Morgan fingerprint density at radius 1 is 1.29 bits per heavy atom. The average Bonchev–Trinajstić information content (AvgIpc) is 2.14. The van der Waals surface area contributed by atoms with Crippen molar-refractivity contribution in [3.8, 4) is 0 Å². The number of Topliss-reactive ketones (excluding diaryl/α,β-unsaturated/α-hetero) is 1. The minimum atomic E-state index is -0.227. The van der Waals surface area contributed by atoms with Crippen LogP contribution in [0.2, 0.25) is 0 Å². The maximum Gasteiger partial charge on any atom is 0.206 e. The maximum absolute atomic E-state index is 11.6. The molecule has 1 aliphatic rings. The van der Waals surface area contributed by atoms with Crippen molar-refractivity contribution in [2.75, 3.05) is 0 Å². The van der Waals surface area contributed by atoms with Crippen molar-refractivity contribution in [2.24, 2.45) is 0 Å². The molecule has 0 fully saturated rings. The van der Waals surface area contributed by atoms with Crippen LogP contribution in [0.1, 0.15) is 26.5 Å². The van der Waals surface area contributed by atoms with Gasteiger partial charge in [-0.05, 0) is 35.0 Å². The zero-order valence-corrected chi connectivity index (χ0v) is 8.96. The van der Waals surface area contributed by atoms with Crippen LogP contribution >= 0.6 is 15.9 Å². The Bertz CT molecular complexity index is 477. The lowest BCUT2D eigenvalue weighted by Crippen LogP contribution is -2.16. The quantitative estimate of drug-likeness (QED) is 0.709. The van der Waals surface area contributed by atoms with Crippen LogP contribution in [0.15, 0.2) is 22.7 Å². The van der Waals surface area contributed by atoms with Gasteiger partial charge in [-0.2, -0.15) is 0 Å². The van der Waals surface area contributed by atoms with Crippen LogP contribution in [0.4, 0.5) is 0 Å². The van der Waals surface area contributed by atoms with Crippen molar-refractivity contribution < 1.29 is 9.59 Å². The number of carbonyl (C=O) groups excluding carboxylic acids is 2. The van der Waals surface area contributed by atoms with Crippen LogP contribution in [0.3, 0.4) is 0 Å². The first-order chi connectivity index (χ1) is 6.59. The van der Waals surface area contributed by atoms with Crippen molar-refractivity contribution in [2.45, 2.75) is 6.92 Å². The van der Waals surface area contributed by atoms with E-state index in [2.05, 4.69) is 20.9 Å². The highest BCUT2D eigenvalue weighted by atomic mass is 79.9. The van der Waals surface area contributed by atoms with Gasteiger partial charge >= 0.3 is 0 Å². The predicted octanol–water partition coefficient (Wildman–Crippen LogP) is 2.05. The minimum absolute atomic E-state index is 0.188. The first-order valence-electron chi connectivity index (χ1n) is 4.03. The van der Waals surface area contributed by atoms with E-state index in [0.29, 0.717) is 10.0 Å². The number of rotatable bonds is 0. The van der Waals surface area contributed by atoms with E-state index in [1.165, 1.54) is 6.08 Å². The summed E-state index contributed by atoms with van der Waals surface area (Å²) < 4.78 is 0.292. The Labute approximate surface area is 89.0 Å². The van der Waals surface area contributed by atoms with Gasteiger partial charge in [-0.3, -0.25) is 9.59 Å². The van der Waals surface area contributed by atoms with Gasteiger partial charge in [0, 0.05) is 11.8 Å². The number of hydrogen-bond acceptors (Lipinski definition) is 3. The van der Waals surface area contributed by atoms with Crippen molar-refractivity contribution in [1.29, 1.82) is 0 Å². The first kappa shape index (κ1) is 9.27. The molecule has 0 saturated carbocycles. The largest absolute Gasteiger partial charge is 0.288 e. The van der Waals surface area contributed by atoms with Crippen molar-refractivity contribution in [1.82, 2.24) is 4.98 Å². The SMILES string of the molecule is Cc1ccc2c(n1)C(=O)C=C(Br)C2=O. The van der Waals surface area contributed by atoms with Gasteiger partial charge in [0.1, 0.15) is 5.69 Å². The van der Waals surface area contributed by atoms with E-state index < -0.39 is 0 Å². The molecule has 0 spiro atoms. The van der Waals surface area contributed by atoms with Crippen LogP contribution in [0.5, 0.6) is 0 Å². The molecule has 0 radical (unpaired) electrons. The minimum Gasteiger partial charge on any atom is -0.288 e. The molecule has 0 amide bonds.